The van der Waals surface area contributed by atoms with Crippen LogP contribution in [0.2, 0.25) is 0 Å². The van der Waals surface area contributed by atoms with Crippen molar-refractivity contribution in [2.75, 3.05) is 7.05 Å². The molecule has 5 heteroatoms. The van der Waals surface area contributed by atoms with Crippen LogP contribution in [0.5, 0.6) is 0 Å². The minimum Gasteiger partial charge on any atom is -0.384 e. The Morgan fingerprint density at radius 2 is 1.58 bits per heavy atom. The number of likely N-dealkylation sites (N-methyl/N-ethyl adjacent to an activating group) is 1. The van der Waals surface area contributed by atoms with Crippen molar-refractivity contribution in [1.29, 1.82) is 0 Å². The Morgan fingerprint density at radius 3 is 2.05 bits per heavy atom. The van der Waals surface area contributed by atoms with Gasteiger partial charge in [0, 0.05) is 23.4 Å². The number of carbonyl (C=O) groups is 2. The Morgan fingerprint density at radius 1 is 1.05 bits per heavy atom. The summed E-state index contributed by atoms with van der Waals surface area (Å²) >= 11 is 0. The number of ketones is 2. The molecule has 0 heterocycles. The van der Waals surface area contributed by atoms with Crippen LogP contribution in [-0.4, -0.2) is 28.1 Å². The van der Waals surface area contributed by atoms with E-state index in [1.165, 1.54) is 0 Å². The molecule has 0 aliphatic heterocycles. The zero-order valence-corrected chi connectivity index (χ0v) is 11.8. The van der Waals surface area contributed by atoms with E-state index in [1.807, 2.05) is 0 Å². The van der Waals surface area contributed by atoms with Gasteiger partial charge in [-0.15, -0.1) is 0 Å². The zero-order valence-electron chi connectivity index (χ0n) is 11.0. The largest absolute Gasteiger partial charge is 0.384 e. The molecule has 0 bridgehead atoms. The maximum absolute atomic E-state index is 12.4. The quantitative estimate of drug-likeness (QED) is 0.912. The molecule has 1 atom stereocenters. The van der Waals surface area contributed by atoms with E-state index in [0.29, 0.717) is 11.1 Å². The average Bonchev–Trinajstić information content (AvgIpc) is 2.41. The first kappa shape index (κ1) is 13.7. The highest BCUT2D eigenvalue weighted by Crippen LogP contribution is 2.28. The van der Waals surface area contributed by atoms with Gasteiger partial charge in [0.15, 0.2) is 0 Å². The van der Waals surface area contributed by atoms with E-state index in [0.717, 1.165) is 0 Å². The Bertz CT molecular complexity index is 617. The summed E-state index contributed by atoms with van der Waals surface area (Å²) in [4.78, 5) is 24.8. The van der Waals surface area contributed by atoms with Crippen molar-refractivity contribution >= 4 is 22.4 Å². The van der Waals surface area contributed by atoms with Crippen LogP contribution in [0.25, 0.3) is 0 Å². The lowest BCUT2D eigenvalue weighted by atomic mass is 9.92. The van der Waals surface area contributed by atoms with Gasteiger partial charge in [0.2, 0.25) is 11.6 Å². The van der Waals surface area contributed by atoms with Gasteiger partial charge in [-0.2, -0.15) is 0 Å². The van der Waals surface area contributed by atoms with Crippen molar-refractivity contribution < 1.29 is 13.8 Å². The average molecular weight is 277 g/mol. The maximum Gasteiger partial charge on any atom is 0.210 e. The molecule has 100 valence electrons. The molecule has 4 nitrogen and oxygen atoms in total. The molecule has 0 fully saturated rings. The molecule has 1 unspecified atom stereocenters. The molecule has 2 rings (SSSR count). The molecular formula is C14H15NO3S. The van der Waals surface area contributed by atoms with Crippen LogP contribution in [0, 0.1) is 0 Å². The van der Waals surface area contributed by atoms with E-state index >= 15 is 0 Å². The van der Waals surface area contributed by atoms with Gasteiger partial charge in [0.1, 0.15) is 10.6 Å². The van der Waals surface area contributed by atoms with Crippen LogP contribution < -0.4 is 5.32 Å². The number of hydrogen-bond donors (Lipinski definition) is 1. The summed E-state index contributed by atoms with van der Waals surface area (Å²) in [6.07, 6.45) is 0. The van der Waals surface area contributed by atoms with Gasteiger partial charge in [0.05, 0.1) is 10.8 Å². The SMILES string of the molecule is CNC1=C(S(=O)C(C)C)C(=O)c2ccccc2C1=O. The highest BCUT2D eigenvalue weighted by atomic mass is 32.2. The molecular weight excluding hydrogens is 262 g/mol. The summed E-state index contributed by atoms with van der Waals surface area (Å²) in [6, 6.07) is 6.62. The second kappa shape index (κ2) is 5.09. The fourth-order valence-corrected chi connectivity index (χ4v) is 3.17. The maximum atomic E-state index is 12.4. The van der Waals surface area contributed by atoms with Crippen molar-refractivity contribution in [2.45, 2.75) is 19.1 Å². The van der Waals surface area contributed by atoms with E-state index in [-0.39, 0.29) is 27.4 Å². The predicted octanol–water partition coefficient (Wildman–Crippen LogP) is 1.65. The first-order valence-electron chi connectivity index (χ1n) is 6.00. The van der Waals surface area contributed by atoms with Crippen LogP contribution in [-0.2, 0) is 10.8 Å². The van der Waals surface area contributed by atoms with E-state index in [1.54, 1.807) is 45.2 Å². The standard InChI is InChI=1S/C14H15NO3S/c1-8(2)19(18)14-11(15-3)12(16)9-6-4-5-7-10(9)13(14)17/h4-8,15H,1-3H3. The topological polar surface area (TPSA) is 63.2 Å². The van der Waals surface area contributed by atoms with Crippen LogP contribution in [0.3, 0.4) is 0 Å². The Hall–Kier alpha value is -1.75. The predicted molar refractivity (Wildman–Crippen MR) is 74.5 cm³/mol. The van der Waals surface area contributed by atoms with Gasteiger partial charge in [-0.3, -0.25) is 13.8 Å². The van der Waals surface area contributed by atoms with Gasteiger partial charge >= 0.3 is 0 Å². The molecule has 19 heavy (non-hydrogen) atoms. The summed E-state index contributed by atoms with van der Waals surface area (Å²) in [5.41, 5.74) is 0.840. The zero-order chi connectivity index (χ0) is 14.2. The number of rotatable bonds is 3. The number of benzene rings is 1. The second-order valence-electron chi connectivity index (χ2n) is 4.50. The highest BCUT2D eigenvalue weighted by Gasteiger charge is 2.35. The van der Waals surface area contributed by atoms with Crippen LogP contribution >= 0.6 is 0 Å². The minimum atomic E-state index is -1.50. The van der Waals surface area contributed by atoms with Gasteiger partial charge in [-0.25, -0.2) is 0 Å². The van der Waals surface area contributed by atoms with Gasteiger partial charge < -0.3 is 5.32 Å². The van der Waals surface area contributed by atoms with E-state index in [9.17, 15) is 13.8 Å². The Kier molecular flexibility index (Phi) is 3.66. The molecule has 0 saturated carbocycles. The lowest BCUT2D eigenvalue weighted by Gasteiger charge is -2.21. The van der Waals surface area contributed by atoms with Crippen molar-refractivity contribution in [1.82, 2.24) is 5.32 Å². The third-order valence-corrected chi connectivity index (χ3v) is 4.60. The number of fused-ring (bicyclic) bond motifs is 1. The van der Waals surface area contributed by atoms with Crippen LogP contribution in [0.1, 0.15) is 34.6 Å². The molecule has 0 aromatic heterocycles. The molecule has 1 aromatic rings. The summed E-state index contributed by atoms with van der Waals surface area (Å²) in [5.74, 6) is -0.603. The molecule has 1 aliphatic carbocycles. The normalized spacial score (nSPS) is 16.6. The fraction of sp³-hybridized carbons (Fsp3) is 0.286. The number of nitrogens with one attached hydrogen (secondary N) is 1. The summed E-state index contributed by atoms with van der Waals surface area (Å²) in [7, 11) is 0.0620. The Labute approximate surface area is 114 Å². The minimum absolute atomic E-state index is 0.0844. The molecule has 1 aliphatic rings. The van der Waals surface area contributed by atoms with Crippen LogP contribution in [0.4, 0.5) is 0 Å². The second-order valence-corrected chi connectivity index (χ2v) is 6.45. The van der Waals surface area contributed by atoms with Gasteiger partial charge in [0.25, 0.3) is 0 Å². The molecule has 1 N–H and O–H groups in total. The molecule has 0 radical (unpaired) electrons. The number of allylic oxidation sites excluding steroid dienone is 2. The van der Waals surface area contributed by atoms with Crippen LogP contribution in [0.15, 0.2) is 34.9 Å². The van der Waals surface area contributed by atoms with Crippen molar-refractivity contribution in [3.8, 4) is 0 Å². The van der Waals surface area contributed by atoms with Crippen molar-refractivity contribution in [3.63, 3.8) is 0 Å². The van der Waals surface area contributed by atoms with Gasteiger partial charge in [-0.05, 0) is 0 Å². The van der Waals surface area contributed by atoms with Crippen molar-refractivity contribution in [3.05, 3.63) is 46.0 Å². The number of hydrogen-bond acceptors (Lipinski definition) is 4. The number of carbonyl (C=O) groups excluding carboxylic acids is 2. The van der Waals surface area contributed by atoms with E-state index in [2.05, 4.69) is 5.32 Å². The lowest BCUT2D eigenvalue weighted by molar-refractivity contribution is 0.0976. The van der Waals surface area contributed by atoms with E-state index in [4.69, 9.17) is 0 Å². The fourth-order valence-electron chi connectivity index (χ4n) is 2.01. The van der Waals surface area contributed by atoms with Crippen molar-refractivity contribution in [2.24, 2.45) is 0 Å². The molecule has 0 spiro atoms. The molecule has 1 aromatic carbocycles. The van der Waals surface area contributed by atoms with Gasteiger partial charge in [-0.1, -0.05) is 38.1 Å². The summed E-state index contributed by atoms with van der Waals surface area (Å²) < 4.78 is 12.3. The third kappa shape index (κ3) is 2.14. The molecule has 0 amide bonds. The van der Waals surface area contributed by atoms with E-state index < -0.39 is 10.8 Å². The summed E-state index contributed by atoms with van der Waals surface area (Å²) in [6.45, 7) is 3.52. The highest BCUT2D eigenvalue weighted by molar-refractivity contribution is 7.90. The lowest BCUT2D eigenvalue weighted by Crippen LogP contribution is -2.31. The molecule has 0 saturated heterocycles. The number of Topliss-reactive ketones (excluding diaryl/α,β-unsaturated/α-hetero) is 2. The monoisotopic (exact) mass is 277 g/mol. The Balaban J connectivity index is 2.67. The summed E-state index contributed by atoms with van der Waals surface area (Å²) in [5, 5.41) is 2.51. The first-order valence-corrected chi connectivity index (χ1v) is 7.21. The third-order valence-electron chi connectivity index (χ3n) is 2.96. The smallest absolute Gasteiger partial charge is 0.210 e. The first-order chi connectivity index (χ1) is 8.99.